The van der Waals surface area contributed by atoms with Crippen LogP contribution in [0.25, 0.3) is 10.9 Å². The second kappa shape index (κ2) is 4.10. The molecule has 1 aromatic carbocycles. The summed E-state index contributed by atoms with van der Waals surface area (Å²) in [7, 11) is 0. The van der Waals surface area contributed by atoms with Crippen LogP contribution < -0.4 is 5.73 Å². The lowest BCUT2D eigenvalue weighted by Gasteiger charge is -2.04. The molecule has 0 fully saturated rings. The minimum atomic E-state index is -0.409. The Morgan fingerprint density at radius 1 is 1.50 bits per heavy atom. The van der Waals surface area contributed by atoms with E-state index in [1.807, 2.05) is 38.1 Å². The van der Waals surface area contributed by atoms with Gasteiger partial charge in [-0.3, -0.25) is 4.79 Å². The number of aryl methyl sites for hydroxylation is 1. The van der Waals surface area contributed by atoms with Gasteiger partial charge in [0.2, 0.25) is 0 Å². The number of hydrogen-bond acceptors (Lipinski definition) is 2. The predicted octanol–water partition coefficient (Wildman–Crippen LogP) is 2.40. The van der Waals surface area contributed by atoms with Crippen molar-refractivity contribution in [3.8, 4) is 0 Å². The molecule has 0 radical (unpaired) electrons. The smallest absolute Gasteiger partial charge is 0.195 e. The zero-order chi connectivity index (χ0) is 11.7. The van der Waals surface area contributed by atoms with Crippen LogP contribution in [0.2, 0.25) is 0 Å². The lowest BCUT2D eigenvalue weighted by molar-refractivity contribution is 0.0955. The molecule has 3 nitrogen and oxygen atoms in total. The van der Waals surface area contributed by atoms with Crippen LogP contribution in [0.1, 0.15) is 29.4 Å². The third-order valence-electron chi connectivity index (χ3n) is 2.92. The van der Waals surface area contributed by atoms with Gasteiger partial charge in [-0.25, -0.2) is 0 Å². The average Bonchev–Trinajstić information content (AvgIpc) is 2.72. The number of rotatable bonds is 3. The highest BCUT2D eigenvalue weighted by Crippen LogP contribution is 2.20. The fraction of sp³-hybridized carbons (Fsp3) is 0.308. The molecule has 2 rings (SSSR count). The number of carbonyl (C=O) groups excluding carboxylic acids is 1. The van der Waals surface area contributed by atoms with Gasteiger partial charge < -0.3 is 10.7 Å². The SMILES string of the molecule is CCC(N)C(=O)c1cc2c(C)cccc2[nH]1. The number of aromatic nitrogens is 1. The Morgan fingerprint density at radius 3 is 2.88 bits per heavy atom. The summed E-state index contributed by atoms with van der Waals surface area (Å²) < 4.78 is 0. The van der Waals surface area contributed by atoms with Gasteiger partial charge in [-0.2, -0.15) is 0 Å². The number of H-pyrrole nitrogens is 1. The number of benzene rings is 1. The molecular weight excluding hydrogens is 200 g/mol. The third-order valence-corrected chi connectivity index (χ3v) is 2.92. The summed E-state index contributed by atoms with van der Waals surface area (Å²) in [6.45, 7) is 3.95. The first-order valence-corrected chi connectivity index (χ1v) is 5.51. The molecule has 3 heteroatoms. The van der Waals surface area contributed by atoms with Gasteiger partial charge >= 0.3 is 0 Å². The van der Waals surface area contributed by atoms with Gasteiger partial charge in [0.1, 0.15) is 0 Å². The Hall–Kier alpha value is -1.61. The number of nitrogens with one attached hydrogen (secondary N) is 1. The van der Waals surface area contributed by atoms with Crippen molar-refractivity contribution >= 4 is 16.7 Å². The lowest BCUT2D eigenvalue weighted by Crippen LogP contribution is -2.29. The molecule has 0 bridgehead atoms. The van der Waals surface area contributed by atoms with Gasteiger partial charge in [0.25, 0.3) is 0 Å². The van der Waals surface area contributed by atoms with E-state index in [9.17, 15) is 4.79 Å². The molecule has 1 atom stereocenters. The average molecular weight is 216 g/mol. The summed E-state index contributed by atoms with van der Waals surface area (Å²) >= 11 is 0. The minimum Gasteiger partial charge on any atom is -0.352 e. The Kier molecular flexibility index (Phi) is 2.79. The van der Waals surface area contributed by atoms with Gasteiger partial charge in [0, 0.05) is 10.9 Å². The van der Waals surface area contributed by atoms with Gasteiger partial charge in [-0.1, -0.05) is 19.1 Å². The predicted molar refractivity (Wildman–Crippen MR) is 65.6 cm³/mol. The first kappa shape index (κ1) is 10.9. The minimum absolute atomic E-state index is 0.0156. The molecular formula is C13H16N2O. The van der Waals surface area contributed by atoms with Gasteiger partial charge in [0.05, 0.1) is 11.7 Å². The number of Topliss-reactive ketones (excluding diaryl/α,β-unsaturated/α-hetero) is 1. The van der Waals surface area contributed by atoms with E-state index in [1.165, 1.54) is 0 Å². The fourth-order valence-electron chi connectivity index (χ4n) is 1.82. The van der Waals surface area contributed by atoms with Crippen molar-refractivity contribution in [2.75, 3.05) is 0 Å². The third kappa shape index (κ3) is 1.74. The van der Waals surface area contributed by atoms with Crippen LogP contribution in [-0.2, 0) is 0 Å². The molecule has 0 saturated heterocycles. The van der Waals surface area contributed by atoms with Crippen molar-refractivity contribution in [3.05, 3.63) is 35.5 Å². The lowest BCUT2D eigenvalue weighted by atomic mass is 10.1. The molecule has 0 aliphatic carbocycles. The van der Waals surface area contributed by atoms with E-state index in [0.717, 1.165) is 16.5 Å². The fourth-order valence-corrected chi connectivity index (χ4v) is 1.82. The number of nitrogens with two attached hydrogens (primary N) is 1. The monoisotopic (exact) mass is 216 g/mol. The van der Waals surface area contributed by atoms with E-state index in [0.29, 0.717) is 12.1 Å². The molecule has 2 aromatic rings. The van der Waals surface area contributed by atoms with E-state index in [1.54, 1.807) is 0 Å². The second-order valence-electron chi connectivity index (χ2n) is 4.10. The van der Waals surface area contributed by atoms with Crippen LogP contribution in [0.5, 0.6) is 0 Å². The van der Waals surface area contributed by atoms with Crippen molar-refractivity contribution < 1.29 is 4.79 Å². The van der Waals surface area contributed by atoms with Crippen LogP contribution in [0.4, 0.5) is 0 Å². The highest BCUT2D eigenvalue weighted by Gasteiger charge is 2.16. The Bertz CT molecular complexity index is 528. The molecule has 0 spiro atoms. The standard InChI is InChI=1S/C13H16N2O/c1-3-10(14)13(16)12-7-9-8(2)5-4-6-11(9)15-12/h4-7,10,15H,3,14H2,1-2H3. The summed E-state index contributed by atoms with van der Waals surface area (Å²) in [6.07, 6.45) is 0.660. The van der Waals surface area contributed by atoms with E-state index < -0.39 is 6.04 Å². The molecule has 1 aromatic heterocycles. The molecule has 0 saturated carbocycles. The molecule has 3 N–H and O–H groups in total. The highest BCUT2D eigenvalue weighted by atomic mass is 16.1. The Morgan fingerprint density at radius 2 is 2.25 bits per heavy atom. The van der Waals surface area contributed by atoms with Crippen LogP contribution in [-0.4, -0.2) is 16.8 Å². The summed E-state index contributed by atoms with van der Waals surface area (Å²) in [5.41, 5.74) is 8.51. The maximum absolute atomic E-state index is 11.9. The Labute approximate surface area is 94.6 Å². The summed E-state index contributed by atoms with van der Waals surface area (Å²) in [6, 6.07) is 7.46. The van der Waals surface area contributed by atoms with Crippen LogP contribution >= 0.6 is 0 Å². The first-order chi connectivity index (χ1) is 7.63. The Balaban J connectivity index is 2.48. The van der Waals surface area contributed by atoms with Crippen molar-refractivity contribution in [2.45, 2.75) is 26.3 Å². The zero-order valence-corrected chi connectivity index (χ0v) is 9.58. The van der Waals surface area contributed by atoms with E-state index >= 15 is 0 Å². The van der Waals surface area contributed by atoms with Crippen LogP contribution in [0.3, 0.4) is 0 Å². The number of carbonyl (C=O) groups is 1. The zero-order valence-electron chi connectivity index (χ0n) is 9.58. The van der Waals surface area contributed by atoms with Crippen LogP contribution in [0.15, 0.2) is 24.3 Å². The molecule has 0 aliphatic rings. The van der Waals surface area contributed by atoms with Crippen LogP contribution in [0, 0.1) is 6.92 Å². The van der Waals surface area contributed by atoms with Crippen molar-refractivity contribution in [1.82, 2.24) is 4.98 Å². The van der Waals surface area contributed by atoms with Crippen molar-refractivity contribution in [3.63, 3.8) is 0 Å². The molecule has 84 valence electrons. The molecule has 0 aliphatic heterocycles. The maximum atomic E-state index is 11.9. The van der Waals surface area contributed by atoms with Gasteiger partial charge in [0.15, 0.2) is 5.78 Å². The molecule has 1 heterocycles. The number of hydrogen-bond donors (Lipinski definition) is 2. The van der Waals surface area contributed by atoms with E-state index in [2.05, 4.69) is 4.98 Å². The number of fused-ring (bicyclic) bond motifs is 1. The number of ketones is 1. The highest BCUT2D eigenvalue weighted by molar-refractivity contribution is 6.02. The molecule has 1 unspecified atom stereocenters. The normalized spacial score (nSPS) is 12.9. The quantitative estimate of drug-likeness (QED) is 0.774. The summed E-state index contributed by atoms with van der Waals surface area (Å²) in [5.74, 6) is -0.0156. The van der Waals surface area contributed by atoms with Gasteiger partial charge in [-0.15, -0.1) is 0 Å². The van der Waals surface area contributed by atoms with E-state index in [4.69, 9.17) is 5.73 Å². The summed E-state index contributed by atoms with van der Waals surface area (Å²) in [4.78, 5) is 15.0. The van der Waals surface area contributed by atoms with Crippen molar-refractivity contribution in [2.24, 2.45) is 5.73 Å². The largest absolute Gasteiger partial charge is 0.352 e. The number of aromatic amines is 1. The molecule has 16 heavy (non-hydrogen) atoms. The topological polar surface area (TPSA) is 58.9 Å². The maximum Gasteiger partial charge on any atom is 0.195 e. The summed E-state index contributed by atoms with van der Waals surface area (Å²) in [5, 5.41) is 1.09. The van der Waals surface area contributed by atoms with Gasteiger partial charge in [-0.05, 0) is 31.0 Å². The second-order valence-corrected chi connectivity index (χ2v) is 4.10. The molecule has 0 amide bonds. The first-order valence-electron chi connectivity index (χ1n) is 5.51. The van der Waals surface area contributed by atoms with E-state index in [-0.39, 0.29) is 5.78 Å². The van der Waals surface area contributed by atoms with Crippen molar-refractivity contribution in [1.29, 1.82) is 0 Å².